The molecule has 2 N–H and O–H groups in total. The van der Waals surface area contributed by atoms with Gasteiger partial charge in [-0.25, -0.2) is 0 Å². The van der Waals surface area contributed by atoms with E-state index in [1.54, 1.807) is 0 Å². The second-order valence-electron chi connectivity index (χ2n) is 3.67. The zero-order valence-electron chi connectivity index (χ0n) is 7.50. The first-order valence-electron chi connectivity index (χ1n) is 4.13. The molecule has 0 fully saturated rings. The maximum absolute atomic E-state index is 5.64. The number of ether oxygens (including phenoxy) is 1. The van der Waals surface area contributed by atoms with E-state index < -0.39 is 0 Å². The molecule has 0 radical (unpaired) electrons. The molecule has 0 bridgehead atoms. The normalized spacial score (nSPS) is 38.1. The standard InChI is InChI=1S/C9H17NO/c1-7(2)9(3)5-4-8(10)6-11-9/h4-5,7-8H,6,10H2,1-3H3. The average molecular weight is 155 g/mol. The van der Waals surface area contributed by atoms with Crippen molar-refractivity contribution < 1.29 is 4.74 Å². The summed E-state index contributed by atoms with van der Waals surface area (Å²) in [5, 5.41) is 0. The van der Waals surface area contributed by atoms with E-state index in [0.717, 1.165) is 0 Å². The lowest BCUT2D eigenvalue weighted by Gasteiger charge is -2.35. The van der Waals surface area contributed by atoms with Gasteiger partial charge in [0, 0.05) is 6.04 Å². The van der Waals surface area contributed by atoms with Crippen molar-refractivity contribution in [3.63, 3.8) is 0 Å². The molecule has 1 heterocycles. The van der Waals surface area contributed by atoms with Crippen LogP contribution >= 0.6 is 0 Å². The molecule has 0 aromatic carbocycles. The minimum Gasteiger partial charge on any atom is -0.369 e. The first-order valence-corrected chi connectivity index (χ1v) is 4.13. The molecule has 1 rings (SSSR count). The molecule has 1 aliphatic rings. The number of rotatable bonds is 1. The van der Waals surface area contributed by atoms with Gasteiger partial charge in [-0.1, -0.05) is 26.0 Å². The summed E-state index contributed by atoms with van der Waals surface area (Å²) in [6, 6.07) is 0.0850. The Bertz CT molecular complexity index is 165. The van der Waals surface area contributed by atoms with Crippen LogP contribution in [0.3, 0.4) is 0 Å². The topological polar surface area (TPSA) is 35.2 Å². The number of nitrogens with two attached hydrogens (primary N) is 1. The summed E-state index contributed by atoms with van der Waals surface area (Å²) in [6.45, 7) is 7.05. The van der Waals surface area contributed by atoms with E-state index in [-0.39, 0.29) is 11.6 Å². The van der Waals surface area contributed by atoms with Gasteiger partial charge in [-0.15, -0.1) is 0 Å². The SMILES string of the molecule is CC(C)C1(C)C=CC(N)CO1. The van der Waals surface area contributed by atoms with Gasteiger partial charge in [0.1, 0.15) is 0 Å². The first-order chi connectivity index (χ1) is 5.04. The van der Waals surface area contributed by atoms with Crippen LogP contribution in [0, 0.1) is 5.92 Å². The van der Waals surface area contributed by atoms with Crippen LogP contribution in [0.2, 0.25) is 0 Å². The second-order valence-corrected chi connectivity index (χ2v) is 3.67. The van der Waals surface area contributed by atoms with E-state index in [4.69, 9.17) is 10.5 Å². The van der Waals surface area contributed by atoms with E-state index >= 15 is 0 Å². The third-order valence-electron chi connectivity index (χ3n) is 2.41. The molecule has 0 aromatic rings. The molecule has 11 heavy (non-hydrogen) atoms. The Morgan fingerprint density at radius 2 is 2.27 bits per heavy atom. The van der Waals surface area contributed by atoms with Crippen molar-refractivity contribution >= 4 is 0 Å². The van der Waals surface area contributed by atoms with Crippen molar-refractivity contribution in [1.82, 2.24) is 0 Å². The fraction of sp³-hybridized carbons (Fsp3) is 0.778. The number of hydrogen-bond acceptors (Lipinski definition) is 2. The van der Waals surface area contributed by atoms with Crippen LogP contribution < -0.4 is 5.73 Å². The summed E-state index contributed by atoms with van der Waals surface area (Å²) in [5.74, 6) is 0.506. The predicted molar refractivity (Wildman–Crippen MR) is 46.3 cm³/mol. The summed E-state index contributed by atoms with van der Waals surface area (Å²) >= 11 is 0. The zero-order valence-corrected chi connectivity index (χ0v) is 7.50. The molecule has 2 nitrogen and oxygen atoms in total. The van der Waals surface area contributed by atoms with Crippen molar-refractivity contribution in [3.8, 4) is 0 Å². The van der Waals surface area contributed by atoms with E-state index in [0.29, 0.717) is 12.5 Å². The van der Waals surface area contributed by atoms with Crippen LogP contribution in [0.25, 0.3) is 0 Å². The van der Waals surface area contributed by atoms with Crippen LogP contribution in [0.5, 0.6) is 0 Å². The van der Waals surface area contributed by atoms with Gasteiger partial charge in [-0.3, -0.25) is 0 Å². The lowest BCUT2D eigenvalue weighted by Crippen LogP contribution is -2.41. The minimum atomic E-state index is -0.101. The summed E-state index contributed by atoms with van der Waals surface area (Å²) in [6.07, 6.45) is 4.11. The Balaban J connectivity index is 2.68. The molecule has 2 unspecified atom stereocenters. The second kappa shape index (κ2) is 2.95. The molecule has 0 saturated carbocycles. The largest absolute Gasteiger partial charge is 0.369 e. The van der Waals surface area contributed by atoms with Crippen LogP contribution in [-0.4, -0.2) is 18.2 Å². The Hall–Kier alpha value is -0.340. The van der Waals surface area contributed by atoms with E-state index in [2.05, 4.69) is 26.8 Å². The minimum absolute atomic E-state index is 0.0850. The lowest BCUT2D eigenvalue weighted by atomic mass is 9.90. The molecular formula is C9H17NO. The molecule has 0 aliphatic carbocycles. The van der Waals surface area contributed by atoms with E-state index in [9.17, 15) is 0 Å². The summed E-state index contributed by atoms with van der Waals surface area (Å²) in [7, 11) is 0. The van der Waals surface area contributed by atoms with Crippen molar-refractivity contribution in [2.45, 2.75) is 32.4 Å². The van der Waals surface area contributed by atoms with Crippen molar-refractivity contribution in [2.75, 3.05) is 6.61 Å². The Kier molecular flexibility index (Phi) is 2.35. The highest BCUT2D eigenvalue weighted by Gasteiger charge is 2.29. The summed E-state index contributed by atoms with van der Waals surface area (Å²) < 4.78 is 5.63. The highest BCUT2D eigenvalue weighted by molar-refractivity contribution is 5.08. The molecule has 0 amide bonds. The van der Waals surface area contributed by atoms with E-state index in [1.165, 1.54) is 0 Å². The van der Waals surface area contributed by atoms with Gasteiger partial charge in [-0.05, 0) is 12.8 Å². The lowest BCUT2D eigenvalue weighted by molar-refractivity contribution is -0.0375. The molecule has 0 spiro atoms. The van der Waals surface area contributed by atoms with Gasteiger partial charge in [0.2, 0.25) is 0 Å². The molecule has 0 aromatic heterocycles. The maximum Gasteiger partial charge on any atom is 0.0858 e. The van der Waals surface area contributed by atoms with Crippen molar-refractivity contribution in [2.24, 2.45) is 11.7 Å². The summed E-state index contributed by atoms with van der Waals surface area (Å²) in [5.41, 5.74) is 5.54. The maximum atomic E-state index is 5.64. The van der Waals surface area contributed by atoms with Crippen LogP contribution in [0.1, 0.15) is 20.8 Å². The Morgan fingerprint density at radius 1 is 1.64 bits per heavy atom. The van der Waals surface area contributed by atoms with Crippen LogP contribution in [0.15, 0.2) is 12.2 Å². The Labute approximate surface area is 68.4 Å². The third kappa shape index (κ3) is 1.82. The van der Waals surface area contributed by atoms with Crippen LogP contribution in [-0.2, 0) is 4.74 Å². The molecular weight excluding hydrogens is 138 g/mol. The fourth-order valence-electron chi connectivity index (χ4n) is 1.05. The molecule has 1 aliphatic heterocycles. The van der Waals surface area contributed by atoms with Gasteiger partial charge in [0.15, 0.2) is 0 Å². The van der Waals surface area contributed by atoms with Crippen LogP contribution in [0.4, 0.5) is 0 Å². The number of hydrogen-bond donors (Lipinski definition) is 1. The monoisotopic (exact) mass is 155 g/mol. The zero-order chi connectivity index (χ0) is 8.48. The van der Waals surface area contributed by atoms with Gasteiger partial charge in [0.25, 0.3) is 0 Å². The quantitative estimate of drug-likeness (QED) is 0.579. The highest BCUT2D eigenvalue weighted by Crippen LogP contribution is 2.25. The predicted octanol–water partition coefficient (Wildman–Crippen LogP) is 1.31. The smallest absolute Gasteiger partial charge is 0.0858 e. The molecule has 0 saturated heterocycles. The molecule has 2 heteroatoms. The third-order valence-corrected chi connectivity index (χ3v) is 2.41. The van der Waals surface area contributed by atoms with E-state index in [1.807, 2.05) is 6.08 Å². The average Bonchev–Trinajstić information content (AvgIpc) is 1.95. The molecule has 64 valence electrons. The highest BCUT2D eigenvalue weighted by atomic mass is 16.5. The molecule has 2 atom stereocenters. The van der Waals surface area contributed by atoms with Gasteiger partial charge < -0.3 is 10.5 Å². The van der Waals surface area contributed by atoms with Crippen molar-refractivity contribution in [3.05, 3.63) is 12.2 Å². The van der Waals surface area contributed by atoms with Gasteiger partial charge in [0.05, 0.1) is 12.2 Å². The Morgan fingerprint density at radius 3 is 2.64 bits per heavy atom. The first kappa shape index (κ1) is 8.75. The van der Waals surface area contributed by atoms with Gasteiger partial charge >= 0.3 is 0 Å². The summed E-state index contributed by atoms with van der Waals surface area (Å²) in [4.78, 5) is 0. The van der Waals surface area contributed by atoms with Gasteiger partial charge in [-0.2, -0.15) is 0 Å². The fourth-order valence-corrected chi connectivity index (χ4v) is 1.05. The van der Waals surface area contributed by atoms with Crippen molar-refractivity contribution in [1.29, 1.82) is 0 Å².